The second-order valence-corrected chi connectivity index (χ2v) is 5.90. The standard InChI is InChI=1S/C18H27NO2/c1-4-11-21-18-15(8-6-10-17(18)20-3)13-19-16-9-5-7-14(2)12-16/h4,6,8,10,14,16,19H,1,5,7,9,11-13H2,2-3H3. The first-order chi connectivity index (χ1) is 10.2. The van der Waals surface area contributed by atoms with Crippen LogP contribution in [-0.2, 0) is 6.54 Å². The summed E-state index contributed by atoms with van der Waals surface area (Å²) in [4.78, 5) is 0. The van der Waals surface area contributed by atoms with Crippen molar-refractivity contribution in [3.8, 4) is 11.5 Å². The lowest BCUT2D eigenvalue weighted by molar-refractivity contribution is 0.295. The van der Waals surface area contributed by atoms with E-state index in [1.165, 1.54) is 25.7 Å². The molecule has 1 N–H and O–H groups in total. The van der Waals surface area contributed by atoms with E-state index < -0.39 is 0 Å². The zero-order chi connectivity index (χ0) is 15.1. The van der Waals surface area contributed by atoms with Crippen molar-refractivity contribution in [2.45, 2.75) is 45.2 Å². The molecule has 0 aromatic heterocycles. The Morgan fingerprint density at radius 2 is 2.24 bits per heavy atom. The van der Waals surface area contributed by atoms with Crippen LogP contribution in [0.1, 0.15) is 38.2 Å². The van der Waals surface area contributed by atoms with Gasteiger partial charge in [-0.25, -0.2) is 0 Å². The van der Waals surface area contributed by atoms with Crippen LogP contribution in [0.25, 0.3) is 0 Å². The fraction of sp³-hybridized carbons (Fsp3) is 0.556. The molecule has 2 rings (SSSR count). The van der Waals surface area contributed by atoms with Gasteiger partial charge in [-0.15, -0.1) is 0 Å². The molecule has 1 aliphatic carbocycles. The smallest absolute Gasteiger partial charge is 0.166 e. The van der Waals surface area contributed by atoms with Crippen LogP contribution in [0.3, 0.4) is 0 Å². The van der Waals surface area contributed by atoms with Gasteiger partial charge in [0.2, 0.25) is 0 Å². The quantitative estimate of drug-likeness (QED) is 0.772. The summed E-state index contributed by atoms with van der Waals surface area (Å²) in [6.07, 6.45) is 7.00. The number of para-hydroxylation sites is 1. The number of rotatable bonds is 7. The molecule has 1 saturated carbocycles. The SMILES string of the molecule is C=CCOc1c(CNC2CCCC(C)C2)cccc1OC. The first-order valence-electron chi connectivity index (χ1n) is 7.87. The summed E-state index contributed by atoms with van der Waals surface area (Å²) < 4.78 is 11.2. The van der Waals surface area contributed by atoms with Crippen molar-refractivity contribution < 1.29 is 9.47 Å². The molecule has 3 nitrogen and oxygen atoms in total. The minimum atomic E-state index is 0.494. The molecule has 2 atom stereocenters. The highest BCUT2D eigenvalue weighted by atomic mass is 16.5. The monoisotopic (exact) mass is 289 g/mol. The van der Waals surface area contributed by atoms with Gasteiger partial charge in [-0.1, -0.05) is 44.6 Å². The van der Waals surface area contributed by atoms with E-state index in [1.54, 1.807) is 13.2 Å². The molecule has 1 aliphatic rings. The van der Waals surface area contributed by atoms with E-state index in [4.69, 9.17) is 9.47 Å². The van der Waals surface area contributed by atoms with Gasteiger partial charge in [0.15, 0.2) is 11.5 Å². The largest absolute Gasteiger partial charge is 0.493 e. The van der Waals surface area contributed by atoms with Gasteiger partial charge in [-0.3, -0.25) is 0 Å². The van der Waals surface area contributed by atoms with E-state index in [0.717, 1.165) is 29.5 Å². The van der Waals surface area contributed by atoms with Gasteiger partial charge in [0.05, 0.1) is 7.11 Å². The van der Waals surface area contributed by atoms with Crippen molar-refractivity contribution in [3.05, 3.63) is 36.4 Å². The van der Waals surface area contributed by atoms with Gasteiger partial charge in [0.25, 0.3) is 0 Å². The number of hydrogen-bond donors (Lipinski definition) is 1. The number of hydrogen-bond acceptors (Lipinski definition) is 3. The number of nitrogens with one attached hydrogen (secondary N) is 1. The van der Waals surface area contributed by atoms with E-state index in [-0.39, 0.29) is 0 Å². The lowest BCUT2D eigenvalue weighted by atomic mass is 9.87. The Hall–Kier alpha value is -1.48. The summed E-state index contributed by atoms with van der Waals surface area (Å²) >= 11 is 0. The molecule has 0 aliphatic heterocycles. The van der Waals surface area contributed by atoms with Crippen molar-refractivity contribution >= 4 is 0 Å². The molecule has 0 amide bonds. The van der Waals surface area contributed by atoms with E-state index >= 15 is 0 Å². The maximum Gasteiger partial charge on any atom is 0.166 e. The molecule has 1 fully saturated rings. The van der Waals surface area contributed by atoms with Crippen LogP contribution in [0.4, 0.5) is 0 Å². The Kier molecular flexibility index (Phi) is 6.12. The molecule has 3 heteroatoms. The number of benzene rings is 1. The second-order valence-electron chi connectivity index (χ2n) is 5.90. The molecule has 0 bridgehead atoms. The number of ether oxygens (including phenoxy) is 2. The van der Waals surface area contributed by atoms with Crippen molar-refractivity contribution in [2.75, 3.05) is 13.7 Å². The second kappa shape index (κ2) is 8.08. The molecule has 0 radical (unpaired) electrons. The third-order valence-electron chi connectivity index (χ3n) is 4.14. The van der Waals surface area contributed by atoms with E-state index in [2.05, 4.69) is 24.9 Å². The predicted molar refractivity (Wildman–Crippen MR) is 86.9 cm³/mol. The van der Waals surface area contributed by atoms with Crippen molar-refractivity contribution in [1.82, 2.24) is 5.32 Å². The topological polar surface area (TPSA) is 30.5 Å². The molecule has 1 aromatic carbocycles. The third kappa shape index (κ3) is 4.50. The predicted octanol–water partition coefficient (Wildman–Crippen LogP) is 3.93. The summed E-state index contributed by atoms with van der Waals surface area (Å²) in [5.74, 6) is 2.45. The zero-order valence-electron chi connectivity index (χ0n) is 13.2. The van der Waals surface area contributed by atoms with E-state index in [0.29, 0.717) is 12.6 Å². The maximum absolute atomic E-state index is 5.79. The molecule has 2 unspecified atom stereocenters. The Labute approximate surface area is 128 Å². The van der Waals surface area contributed by atoms with Crippen LogP contribution in [0, 0.1) is 5.92 Å². The fourth-order valence-electron chi connectivity index (χ4n) is 3.04. The molecular formula is C18H27NO2. The van der Waals surface area contributed by atoms with Gasteiger partial charge < -0.3 is 14.8 Å². The average molecular weight is 289 g/mol. The molecule has 1 aromatic rings. The van der Waals surface area contributed by atoms with E-state index in [1.807, 2.05) is 12.1 Å². The van der Waals surface area contributed by atoms with Gasteiger partial charge in [0.1, 0.15) is 6.61 Å². The van der Waals surface area contributed by atoms with E-state index in [9.17, 15) is 0 Å². The van der Waals surface area contributed by atoms with Gasteiger partial charge in [-0.05, 0) is 24.8 Å². The highest BCUT2D eigenvalue weighted by Crippen LogP contribution is 2.31. The molecular weight excluding hydrogens is 262 g/mol. The maximum atomic E-state index is 5.79. The Balaban J connectivity index is 2.02. The van der Waals surface area contributed by atoms with Crippen molar-refractivity contribution in [2.24, 2.45) is 5.92 Å². The summed E-state index contributed by atoms with van der Waals surface area (Å²) in [7, 11) is 1.68. The highest BCUT2D eigenvalue weighted by molar-refractivity contribution is 5.46. The lowest BCUT2D eigenvalue weighted by Crippen LogP contribution is -2.33. The van der Waals surface area contributed by atoms with Crippen LogP contribution in [-0.4, -0.2) is 19.8 Å². The Morgan fingerprint density at radius 3 is 2.95 bits per heavy atom. The van der Waals surface area contributed by atoms with Crippen LogP contribution >= 0.6 is 0 Å². The first kappa shape index (κ1) is 15.9. The average Bonchev–Trinajstić information content (AvgIpc) is 2.51. The van der Waals surface area contributed by atoms with Gasteiger partial charge in [0, 0.05) is 18.2 Å². The van der Waals surface area contributed by atoms with Crippen molar-refractivity contribution in [3.63, 3.8) is 0 Å². The fourth-order valence-corrected chi connectivity index (χ4v) is 3.04. The molecule has 0 spiro atoms. The summed E-state index contributed by atoms with van der Waals surface area (Å²) in [5.41, 5.74) is 1.15. The summed E-state index contributed by atoms with van der Waals surface area (Å²) in [5, 5.41) is 3.68. The molecule has 0 saturated heterocycles. The van der Waals surface area contributed by atoms with Crippen LogP contribution < -0.4 is 14.8 Å². The zero-order valence-corrected chi connectivity index (χ0v) is 13.2. The van der Waals surface area contributed by atoms with Gasteiger partial charge in [-0.2, -0.15) is 0 Å². The van der Waals surface area contributed by atoms with Gasteiger partial charge >= 0.3 is 0 Å². The highest BCUT2D eigenvalue weighted by Gasteiger charge is 2.19. The third-order valence-corrected chi connectivity index (χ3v) is 4.14. The van der Waals surface area contributed by atoms with Crippen LogP contribution in [0.15, 0.2) is 30.9 Å². The minimum absolute atomic E-state index is 0.494. The van der Waals surface area contributed by atoms with Crippen molar-refractivity contribution in [1.29, 1.82) is 0 Å². The summed E-state index contributed by atoms with van der Waals surface area (Å²) in [6, 6.07) is 6.66. The van der Waals surface area contributed by atoms with Crippen LogP contribution in [0.5, 0.6) is 11.5 Å². The summed E-state index contributed by atoms with van der Waals surface area (Å²) in [6.45, 7) is 7.37. The Morgan fingerprint density at radius 1 is 1.38 bits per heavy atom. The lowest BCUT2D eigenvalue weighted by Gasteiger charge is -2.28. The molecule has 116 valence electrons. The normalized spacial score (nSPS) is 21.8. The minimum Gasteiger partial charge on any atom is -0.493 e. The Bertz CT molecular complexity index is 459. The molecule has 21 heavy (non-hydrogen) atoms. The molecule has 0 heterocycles. The number of methoxy groups -OCH3 is 1. The van der Waals surface area contributed by atoms with Crippen LogP contribution in [0.2, 0.25) is 0 Å². The first-order valence-corrected chi connectivity index (χ1v) is 7.87.